The number of aryl methyl sites for hydroxylation is 4. The zero-order valence-corrected chi connectivity index (χ0v) is 22.3. The van der Waals surface area contributed by atoms with Gasteiger partial charge in [0.25, 0.3) is 0 Å². The van der Waals surface area contributed by atoms with E-state index in [1.54, 1.807) is 12.4 Å². The maximum Gasteiger partial charge on any atom is 0.636 e. The van der Waals surface area contributed by atoms with Gasteiger partial charge in [0, 0.05) is 11.1 Å². The van der Waals surface area contributed by atoms with Crippen molar-refractivity contribution in [1.82, 2.24) is 30.6 Å². The highest BCUT2D eigenvalue weighted by molar-refractivity contribution is 6.63. The molecule has 5 aromatic rings. The Morgan fingerprint density at radius 3 is 1.82 bits per heavy atom. The third-order valence-corrected chi connectivity index (χ3v) is 7.08. The van der Waals surface area contributed by atoms with Crippen molar-refractivity contribution in [2.45, 2.75) is 52.4 Å². The predicted octanol–water partition coefficient (Wildman–Crippen LogP) is 4.77. The number of aromatic amines is 3. The van der Waals surface area contributed by atoms with Crippen molar-refractivity contribution in [3.8, 4) is 11.5 Å². The van der Waals surface area contributed by atoms with Gasteiger partial charge in [-0.05, 0) is 51.2 Å². The number of nitrogens with one attached hydrogen (secondary N) is 3. The molecule has 2 aromatic carbocycles. The second kappa shape index (κ2) is 11.0. The molecule has 1 atom stereocenters. The molecular formula is C29H33BN6O2. The van der Waals surface area contributed by atoms with Gasteiger partial charge < -0.3 is 9.31 Å². The van der Waals surface area contributed by atoms with E-state index in [1.807, 2.05) is 26.8 Å². The van der Waals surface area contributed by atoms with Crippen molar-refractivity contribution in [3.63, 3.8) is 0 Å². The Morgan fingerprint density at radius 2 is 1.29 bits per heavy atom. The van der Waals surface area contributed by atoms with E-state index in [2.05, 4.69) is 87.0 Å². The molecule has 0 radical (unpaired) electrons. The molecule has 38 heavy (non-hydrogen) atoms. The van der Waals surface area contributed by atoms with Gasteiger partial charge >= 0.3 is 7.12 Å². The Balaban J connectivity index is 1.56. The lowest BCUT2D eigenvalue weighted by Gasteiger charge is -2.30. The SMILES string of the molecule is Cc1[nH]ncc1OB(Oc1cn[nH]c1C)c1c(C(C)(CCc2ccccc2)Cc2ccccc2)n[nH]c1C. The van der Waals surface area contributed by atoms with Crippen LogP contribution in [0.15, 0.2) is 73.1 Å². The average molecular weight is 508 g/mol. The van der Waals surface area contributed by atoms with Crippen molar-refractivity contribution in [1.29, 1.82) is 0 Å². The summed E-state index contributed by atoms with van der Waals surface area (Å²) in [7, 11) is -0.761. The van der Waals surface area contributed by atoms with E-state index in [0.29, 0.717) is 11.5 Å². The Hall–Kier alpha value is -4.27. The zero-order valence-electron chi connectivity index (χ0n) is 22.3. The summed E-state index contributed by atoms with van der Waals surface area (Å²) >= 11 is 0. The van der Waals surface area contributed by atoms with Crippen LogP contribution in [0, 0.1) is 20.8 Å². The Bertz CT molecular complexity index is 1420. The molecule has 0 amide bonds. The van der Waals surface area contributed by atoms with Gasteiger partial charge in [-0.3, -0.25) is 15.3 Å². The lowest BCUT2D eigenvalue weighted by Crippen LogP contribution is -2.48. The Morgan fingerprint density at radius 1 is 0.737 bits per heavy atom. The first-order valence-electron chi connectivity index (χ1n) is 12.9. The van der Waals surface area contributed by atoms with E-state index in [1.165, 1.54) is 11.1 Å². The average Bonchev–Trinajstić information content (AvgIpc) is 3.64. The molecule has 0 fully saturated rings. The van der Waals surface area contributed by atoms with Crippen LogP contribution in [-0.2, 0) is 18.3 Å². The number of hydrogen-bond donors (Lipinski definition) is 3. The second-order valence-electron chi connectivity index (χ2n) is 10.1. The fraction of sp³-hybridized carbons (Fsp3) is 0.276. The summed E-state index contributed by atoms with van der Waals surface area (Å²) < 4.78 is 12.9. The van der Waals surface area contributed by atoms with Crippen LogP contribution in [-0.4, -0.2) is 37.7 Å². The molecule has 0 saturated heterocycles. The Kier molecular flexibility index (Phi) is 7.35. The summed E-state index contributed by atoms with van der Waals surface area (Å²) in [6.45, 7) is 8.14. The monoisotopic (exact) mass is 508 g/mol. The van der Waals surface area contributed by atoms with Gasteiger partial charge in [-0.2, -0.15) is 15.3 Å². The van der Waals surface area contributed by atoms with E-state index < -0.39 is 7.12 Å². The minimum absolute atomic E-state index is 0.306. The molecule has 1 unspecified atom stereocenters. The van der Waals surface area contributed by atoms with Gasteiger partial charge in [-0.15, -0.1) is 0 Å². The number of aromatic nitrogens is 6. The number of hydrogen-bond acceptors (Lipinski definition) is 5. The number of nitrogens with zero attached hydrogens (tertiary/aromatic N) is 3. The normalized spacial score (nSPS) is 12.7. The van der Waals surface area contributed by atoms with Crippen molar-refractivity contribution in [3.05, 3.63) is 107 Å². The molecule has 0 aliphatic carbocycles. The highest BCUT2D eigenvalue weighted by Crippen LogP contribution is 2.33. The zero-order chi connectivity index (χ0) is 26.5. The van der Waals surface area contributed by atoms with Crippen LogP contribution >= 0.6 is 0 Å². The molecule has 8 nitrogen and oxygen atoms in total. The fourth-order valence-corrected chi connectivity index (χ4v) is 4.88. The van der Waals surface area contributed by atoms with Gasteiger partial charge in [-0.25, -0.2) is 0 Å². The van der Waals surface area contributed by atoms with Crippen LogP contribution in [0.2, 0.25) is 0 Å². The fourth-order valence-electron chi connectivity index (χ4n) is 4.88. The van der Waals surface area contributed by atoms with Crippen LogP contribution in [0.4, 0.5) is 0 Å². The maximum atomic E-state index is 6.47. The first-order chi connectivity index (χ1) is 18.4. The van der Waals surface area contributed by atoms with Crippen LogP contribution in [0.3, 0.4) is 0 Å². The molecule has 0 saturated carbocycles. The minimum Gasteiger partial charge on any atom is -0.519 e. The molecular weight excluding hydrogens is 475 g/mol. The lowest BCUT2D eigenvalue weighted by molar-refractivity contribution is 0.411. The van der Waals surface area contributed by atoms with Crippen molar-refractivity contribution >= 4 is 12.6 Å². The molecule has 3 aromatic heterocycles. The summed E-state index contributed by atoms with van der Waals surface area (Å²) in [6.07, 6.45) is 5.97. The van der Waals surface area contributed by atoms with Crippen molar-refractivity contribution in [2.24, 2.45) is 0 Å². The van der Waals surface area contributed by atoms with Gasteiger partial charge in [0.05, 0.1) is 34.9 Å². The van der Waals surface area contributed by atoms with E-state index in [4.69, 9.17) is 14.4 Å². The molecule has 3 heterocycles. The second-order valence-corrected chi connectivity index (χ2v) is 10.1. The molecule has 0 spiro atoms. The van der Waals surface area contributed by atoms with Crippen LogP contribution in [0.5, 0.6) is 11.5 Å². The van der Waals surface area contributed by atoms with Gasteiger partial charge in [0.15, 0.2) is 0 Å². The van der Waals surface area contributed by atoms with Crippen LogP contribution in [0.25, 0.3) is 0 Å². The first kappa shape index (κ1) is 25.4. The quantitative estimate of drug-likeness (QED) is 0.223. The molecule has 0 aliphatic rings. The number of rotatable bonds is 11. The molecule has 0 bridgehead atoms. The van der Waals surface area contributed by atoms with Gasteiger partial charge in [0.1, 0.15) is 11.5 Å². The summed E-state index contributed by atoms with van der Waals surface area (Å²) in [5, 5.41) is 22.3. The third kappa shape index (κ3) is 5.51. The molecule has 5 rings (SSSR count). The van der Waals surface area contributed by atoms with Gasteiger partial charge in [0.2, 0.25) is 0 Å². The molecule has 0 aliphatic heterocycles. The summed E-state index contributed by atoms with van der Waals surface area (Å²) in [5.74, 6) is 1.24. The largest absolute Gasteiger partial charge is 0.636 e. The number of H-pyrrole nitrogens is 3. The van der Waals surface area contributed by atoms with E-state index in [-0.39, 0.29) is 5.41 Å². The summed E-state index contributed by atoms with van der Waals surface area (Å²) in [4.78, 5) is 0. The topological polar surface area (TPSA) is 104 Å². The first-order valence-corrected chi connectivity index (χ1v) is 12.9. The Labute approximate surface area is 223 Å². The lowest BCUT2D eigenvalue weighted by atomic mass is 9.67. The van der Waals surface area contributed by atoms with E-state index >= 15 is 0 Å². The van der Waals surface area contributed by atoms with Crippen LogP contribution in [0.1, 0.15) is 47.2 Å². The van der Waals surface area contributed by atoms with Crippen molar-refractivity contribution in [2.75, 3.05) is 0 Å². The van der Waals surface area contributed by atoms with E-state index in [0.717, 1.165) is 47.5 Å². The van der Waals surface area contributed by atoms with Crippen molar-refractivity contribution < 1.29 is 9.31 Å². The molecule has 194 valence electrons. The molecule has 3 N–H and O–H groups in total. The van der Waals surface area contributed by atoms with E-state index in [9.17, 15) is 0 Å². The summed E-state index contributed by atoms with van der Waals surface area (Å²) in [5.41, 5.74) is 6.60. The van der Waals surface area contributed by atoms with Crippen LogP contribution < -0.4 is 14.8 Å². The molecule has 9 heteroatoms. The standard InChI is InChI=1S/C29H33BN6O2/c1-20-25(18-31-33-20)37-30(38-26-19-32-34-21(26)2)27-22(3)35-36-28(27)29(4,17-24-13-9-6-10-14-24)16-15-23-11-7-5-8-12-23/h5-14,18-19H,15-17H2,1-4H3,(H,31,33)(H,32,34)(H,35,36). The maximum absolute atomic E-state index is 6.47. The predicted molar refractivity (Wildman–Crippen MR) is 149 cm³/mol. The highest BCUT2D eigenvalue weighted by Gasteiger charge is 2.41. The van der Waals surface area contributed by atoms with Gasteiger partial charge in [-0.1, -0.05) is 67.6 Å². The third-order valence-electron chi connectivity index (χ3n) is 7.08. The number of benzene rings is 2. The smallest absolute Gasteiger partial charge is 0.519 e. The summed E-state index contributed by atoms with van der Waals surface area (Å²) in [6, 6.07) is 21.2. The highest BCUT2D eigenvalue weighted by atomic mass is 16.6. The minimum atomic E-state index is -0.761.